The van der Waals surface area contributed by atoms with Crippen LogP contribution in [-0.2, 0) is 19.1 Å². The van der Waals surface area contributed by atoms with Crippen LogP contribution in [0.2, 0.25) is 0 Å². The number of hydrogen-bond donors (Lipinski definition) is 0. The second kappa shape index (κ2) is 8.50. The van der Waals surface area contributed by atoms with E-state index in [4.69, 9.17) is 14.2 Å². The highest BCUT2D eigenvalue weighted by molar-refractivity contribution is 7.12. The summed E-state index contributed by atoms with van der Waals surface area (Å²) in [4.78, 5) is 28.4. The van der Waals surface area contributed by atoms with Gasteiger partial charge in [0.2, 0.25) is 5.90 Å². The van der Waals surface area contributed by atoms with Crippen LogP contribution in [0.25, 0.3) is 6.08 Å². The third-order valence-corrected chi connectivity index (χ3v) is 4.35. The predicted molar refractivity (Wildman–Crippen MR) is 100 cm³/mol. The van der Waals surface area contributed by atoms with Crippen LogP contribution in [0.15, 0.2) is 46.4 Å². The zero-order chi connectivity index (χ0) is 19.2. The van der Waals surface area contributed by atoms with E-state index in [1.165, 1.54) is 18.4 Å². The lowest BCUT2D eigenvalue weighted by molar-refractivity contribution is -0.143. The number of carbonyl (C=O) groups excluding carboxylic acids is 2. The number of benzene rings is 1. The number of aliphatic imine (C=N–C) groups is 1. The average molecular weight is 387 g/mol. The van der Waals surface area contributed by atoms with Crippen LogP contribution in [0, 0.1) is 0 Å². The van der Waals surface area contributed by atoms with Crippen molar-refractivity contribution in [1.29, 1.82) is 0 Å². The van der Waals surface area contributed by atoms with Gasteiger partial charge in [-0.15, -0.1) is 11.3 Å². The molecule has 1 aliphatic heterocycles. The van der Waals surface area contributed by atoms with E-state index < -0.39 is 11.9 Å². The van der Waals surface area contributed by atoms with Gasteiger partial charge in [-0.2, -0.15) is 0 Å². The van der Waals surface area contributed by atoms with Crippen LogP contribution in [0.3, 0.4) is 0 Å². The van der Waals surface area contributed by atoms with Crippen LogP contribution in [-0.4, -0.2) is 38.2 Å². The van der Waals surface area contributed by atoms with Crippen molar-refractivity contribution in [2.45, 2.75) is 6.92 Å². The van der Waals surface area contributed by atoms with E-state index in [0.717, 1.165) is 4.88 Å². The van der Waals surface area contributed by atoms with Gasteiger partial charge in [-0.25, -0.2) is 14.6 Å². The Morgan fingerprint density at radius 1 is 1.26 bits per heavy atom. The second-order valence-electron chi connectivity index (χ2n) is 5.32. The van der Waals surface area contributed by atoms with Gasteiger partial charge >= 0.3 is 11.9 Å². The standard InChI is InChI=1S/C19H17NO6S/c1-3-24-15-10-12(6-7-14(15)25-11-17(21)23-2)9-13-19(22)26-18(20-13)16-5-4-8-27-16/h4-10H,3,11H2,1-2H3/b13-9+. The lowest BCUT2D eigenvalue weighted by Crippen LogP contribution is -2.13. The molecular weight excluding hydrogens is 370 g/mol. The summed E-state index contributed by atoms with van der Waals surface area (Å²) < 4.78 is 20.7. The van der Waals surface area contributed by atoms with Crippen molar-refractivity contribution in [2.24, 2.45) is 4.99 Å². The minimum atomic E-state index is -0.512. The molecule has 0 bridgehead atoms. The highest BCUT2D eigenvalue weighted by atomic mass is 32.1. The molecular formula is C19H17NO6S. The lowest BCUT2D eigenvalue weighted by atomic mass is 10.1. The molecule has 0 aliphatic carbocycles. The topological polar surface area (TPSA) is 83.4 Å². The summed E-state index contributed by atoms with van der Waals surface area (Å²) in [6.07, 6.45) is 1.61. The van der Waals surface area contributed by atoms with Crippen LogP contribution < -0.4 is 9.47 Å². The maximum Gasteiger partial charge on any atom is 0.363 e. The van der Waals surface area contributed by atoms with E-state index in [0.29, 0.717) is 29.6 Å². The monoisotopic (exact) mass is 387 g/mol. The highest BCUT2D eigenvalue weighted by Gasteiger charge is 2.24. The number of esters is 2. The van der Waals surface area contributed by atoms with Crippen molar-refractivity contribution in [2.75, 3.05) is 20.3 Å². The van der Waals surface area contributed by atoms with Gasteiger partial charge in [-0.05, 0) is 42.1 Å². The first-order valence-electron chi connectivity index (χ1n) is 8.13. The summed E-state index contributed by atoms with van der Waals surface area (Å²) in [6, 6.07) is 8.79. The molecule has 140 valence electrons. The zero-order valence-electron chi connectivity index (χ0n) is 14.8. The van der Waals surface area contributed by atoms with E-state index in [1.807, 2.05) is 24.4 Å². The summed E-state index contributed by atoms with van der Waals surface area (Å²) in [5.41, 5.74) is 0.885. The molecule has 1 aromatic heterocycles. The Morgan fingerprint density at radius 3 is 2.81 bits per heavy atom. The Bertz CT molecular complexity index is 901. The average Bonchev–Trinajstić information content (AvgIpc) is 3.31. The van der Waals surface area contributed by atoms with E-state index in [9.17, 15) is 9.59 Å². The smallest absolute Gasteiger partial charge is 0.363 e. The third kappa shape index (κ3) is 4.53. The minimum absolute atomic E-state index is 0.198. The van der Waals surface area contributed by atoms with Gasteiger partial charge in [0.15, 0.2) is 23.8 Å². The molecule has 7 nitrogen and oxygen atoms in total. The molecule has 27 heavy (non-hydrogen) atoms. The van der Waals surface area contributed by atoms with Crippen molar-refractivity contribution >= 4 is 35.2 Å². The van der Waals surface area contributed by atoms with E-state index >= 15 is 0 Å². The molecule has 1 aliphatic rings. The van der Waals surface area contributed by atoms with Gasteiger partial charge < -0.3 is 18.9 Å². The molecule has 0 unspecified atom stereocenters. The number of rotatable bonds is 7. The fraction of sp³-hybridized carbons (Fsp3) is 0.211. The molecule has 0 amide bonds. The first-order chi connectivity index (χ1) is 13.1. The molecule has 1 aromatic carbocycles. The van der Waals surface area contributed by atoms with E-state index in [-0.39, 0.29) is 12.3 Å². The maximum atomic E-state index is 12.1. The van der Waals surface area contributed by atoms with Crippen molar-refractivity contribution in [3.05, 3.63) is 51.8 Å². The molecule has 0 radical (unpaired) electrons. The maximum absolute atomic E-state index is 12.1. The quantitative estimate of drug-likeness (QED) is 0.536. The van der Waals surface area contributed by atoms with Gasteiger partial charge in [-0.1, -0.05) is 12.1 Å². The number of thiophene rings is 1. The highest BCUT2D eigenvalue weighted by Crippen LogP contribution is 2.30. The molecule has 3 rings (SSSR count). The molecule has 0 fully saturated rings. The third-order valence-electron chi connectivity index (χ3n) is 3.50. The molecule has 8 heteroatoms. The van der Waals surface area contributed by atoms with Gasteiger partial charge in [0.1, 0.15) is 0 Å². The number of carbonyl (C=O) groups is 2. The zero-order valence-corrected chi connectivity index (χ0v) is 15.6. The molecule has 0 saturated heterocycles. The van der Waals surface area contributed by atoms with Gasteiger partial charge in [-0.3, -0.25) is 0 Å². The summed E-state index contributed by atoms with van der Waals surface area (Å²) >= 11 is 1.44. The van der Waals surface area contributed by atoms with Gasteiger partial charge in [0, 0.05) is 0 Å². The van der Waals surface area contributed by atoms with E-state index in [1.54, 1.807) is 24.3 Å². The first-order valence-corrected chi connectivity index (χ1v) is 9.01. The largest absolute Gasteiger partial charge is 0.490 e. The minimum Gasteiger partial charge on any atom is -0.490 e. The summed E-state index contributed by atoms with van der Waals surface area (Å²) in [5, 5.41) is 1.88. The molecule has 2 aromatic rings. The molecule has 0 saturated carbocycles. The Morgan fingerprint density at radius 2 is 2.11 bits per heavy atom. The Labute approximate surface area is 159 Å². The number of cyclic esters (lactones) is 1. The number of methoxy groups -OCH3 is 1. The number of ether oxygens (including phenoxy) is 4. The van der Waals surface area contributed by atoms with Crippen LogP contribution in [0.5, 0.6) is 11.5 Å². The van der Waals surface area contributed by atoms with Crippen LogP contribution in [0.1, 0.15) is 17.4 Å². The van der Waals surface area contributed by atoms with Crippen molar-refractivity contribution < 1.29 is 28.5 Å². The first kappa shape index (κ1) is 18.7. The molecule has 0 atom stereocenters. The Hall–Kier alpha value is -3.13. The predicted octanol–water partition coefficient (Wildman–Crippen LogP) is 3.04. The molecule has 0 spiro atoms. The summed E-state index contributed by atoms with van der Waals surface area (Å²) in [6.45, 7) is 2.02. The summed E-state index contributed by atoms with van der Waals surface area (Å²) in [5.74, 6) is 0.144. The van der Waals surface area contributed by atoms with Crippen molar-refractivity contribution in [3.8, 4) is 11.5 Å². The molecule has 2 heterocycles. The Balaban J connectivity index is 1.84. The van der Waals surface area contributed by atoms with Gasteiger partial charge in [0.25, 0.3) is 0 Å². The lowest BCUT2D eigenvalue weighted by Gasteiger charge is -2.11. The normalized spacial score (nSPS) is 14.7. The molecule has 0 N–H and O–H groups in total. The number of hydrogen-bond acceptors (Lipinski definition) is 8. The SMILES string of the molecule is CCOc1cc(/C=C2/N=C(c3cccs3)OC2=O)ccc1OCC(=O)OC. The van der Waals surface area contributed by atoms with Crippen LogP contribution in [0.4, 0.5) is 0 Å². The van der Waals surface area contributed by atoms with Gasteiger partial charge in [0.05, 0.1) is 18.6 Å². The Kier molecular flexibility index (Phi) is 5.87. The summed E-state index contributed by atoms with van der Waals surface area (Å²) in [7, 11) is 1.29. The number of nitrogens with zero attached hydrogens (tertiary/aromatic N) is 1. The van der Waals surface area contributed by atoms with Crippen LogP contribution >= 0.6 is 11.3 Å². The fourth-order valence-electron chi connectivity index (χ4n) is 2.27. The fourth-order valence-corrected chi connectivity index (χ4v) is 2.92. The van der Waals surface area contributed by atoms with E-state index in [2.05, 4.69) is 9.73 Å². The van der Waals surface area contributed by atoms with Crippen molar-refractivity contribution in [3.63, 3.8) is 0 Å². The van der Waals surface area contributed by atoms with Crippen molar-refractivity contribution in [1.82, 2.24) is 0 Å². The second-order valence-corrected chi connectivity index (χ2v) is 6.27.